The lowest BCUT2D eigenvalue weighted by molar-refractivity contribution is -0.118. The Bertz CT molecular complexity index is 376. The molecule has 72 valence electrons. The second-order valence-electron chi connectivity index (χ2n) is 3.38. The van der Waals surface area contributed by atoms with E-state index in [1.807, 2.05) is 18.2 Å². The summed E-state index contributed by atoms with van der Waals surface area (Å²) in [6, 6.07) is 5.93. The Hall–Kier alpha value is -0.830. The fourth-order valence-electron chi connectivity index (χ4n) is 1.79. The van der Waals surface area contributed by atoms with E-state index >= 15 is 0 Å². The molecule has 2 N–H and O–H groups in total. The van der Waals surface area contributed by atoms with Crippen LogP contribution in [-0.2, 0) is 11.2 Å². The van der Waals surface area contributed by atoms with Gasteiger partial charge in [0.1, 0.15) is 0 Å². The molecule has 14 heavy (non-hydrogen) atoms. The maximum absolute atomic E-state index is 11.2. The first kappa shape index (κ1) is 9.71. The third-order valence-corrected chi connectivity index (χ3v) is 2.94. The number of hydrogen-bond donors (Lipinski definition) is 1. The molecule has 0 fully saturated rings. The first-order valence-electron chi connectivity index (χ1n) is 4.49. The van der Waals surface area contributed by atoms with Gasteiger partial charge in [-0.25, -0.2) is 0 Å². The molecule has 1 aliphatic rings. The van der Waals surface area contributed by atoms with Crippen molar-refractivity contribution in [3.05, 3.63) is 40.2 Å². The van der Waals surface area contributed by atoms with Crippen molar-refractivity contribution in [3.8, 4) is 0 Å². The Morgan fingerprint density at radius 2 is 2.36 bits per heavy atom. The number of halogens is 1. The zero-order valence-electron chi connectivity index (χ0n) is 7.59. The molecule has 1 unspecified atom stereocenters. The number of carbonyl (C=O) groups is 1. The predicted molar refractivity (Wildman–Crippen MR) is 57.6 cm³/mol. The number of amides is 1. The first-order chi connectivity index (χ1) is 6.68. The van der Waals surface area contributed by atoms with Crippen LogP contribution in [0.1, 0.15) is 23.5 Å². The predicted octanol–water partition coefficient (Wildman–Crippen LogP) is 2.05. The van der Waals surface area contributed by atoms with Gasteiger partial charge in [-0.3, -0.25) is 4.79 Å². The molecule has 1 aliphatic carbocycles. The van der Waals surface area contributed by atoms with Crippen LogP contribution in [0.4, 0.5) is 0 Å². The Labute approximate surface area is 91.6 Å². The van der Waals surface area contributed by atoms with E-state index in [1.165, 1.54) is 5.56 Å². The van der Waals surface area contributed by atoms with Crippen molar-refractivity contribution in [2.45, 2.75) is 18.8 Å². The molecule has 0 saturated heterocycles. The van der Waals surface area contributed by atoms with E-state index in [1.54, 1.807) is 0 Å². The van der Waals surface area contributed by atoms with Crippen molar-refractivity contribution in [1.82, 2.24) is 0 Å². The highest BCUT2D eigenvalue weighted by Crippen LogP contribution is 2.32. The Balaban J connectivity index is 2.44. The monoisotopic (exact) mass is 251 g/mol. The number of aryl methyl sites for hydroxylation is 1. The minimum Gasteiger partial charge on any atom is -0.369 e. The minimum atomic E-state index is -0.327. The van der Waals surface area contributed by atoms with Crippen molar-refractivity contribution in [3.63, 3.8) is 0 Å². The molecular formula is C11H10BrNO. The topological polar surface area (TPSA) is 43.1 Å². The highest BCUT2D eigenvalue weighted by Gasteiger charge is 2.24. The zero-order chi connectivity index (χ0) is 10.1. The van der Waals surface area contributed by atoms with Gasteiger partial charge in [-0.05, 0) is 36.1 Å². The highest BCUT2D eigenvalue weighted by molar-refractivity contribution is 9.10. The molecule has 1 amide bonds. The summed E-state index contributed by atoms with van der Waals surface area (Å²) in [5.41, 5.74) is 7.51. The number of rotatable bonds is 1. The van der Waals surface area contributed by atoms with Gasteiger partial charge < -0.3 is 5.73 Å². The average Bonchev–Trinajstić information content (AvgIpc) is 2.16. The molecule has 0 heterocycles. The molecule has 3 heteroatoms. The van der Waals surface area contributed by atoms with Gasteiger partial charge >= 0.3 is 0 Å². The van der Waals surface area contributed by atoms with Gasteiger partial charge in [-0.1, -0.05) is 22.0 Å². The summed E-state index contributed by atoms with van der Waals surface area (Å²) in [7, 11) is 0. The van der Waals surface area contributed by atoms with Crippen LogP contribution in [0.2, 0.25) is 0 Å². The van der Waals surface area contributed by atoms with E-state index in [0.717, 1.165) is 22.9 Å². The summed E-state index contributed by atoms with van der Waals surface area (Å²) in [6.45, 7) is 0. The van der Waals surface area contributed by atoms with Gasteiger partial charge in [0.2, 0.25) is 5.91 Å². The maximum Gasteiger partial charge on any atom is 0.225 e. The van der Waals surface area contributed by atoms with Crippen molar-refractivity contribution >= 4 is 21.8 Å². The van der Waals surface area contributed by atoms with E-state index in [4.69, 9.17) is 5.73 Å². The molecule has 2 rings (SSSR count). The van der Waals surface area contributed by atoms with Crippen molar-refractivity contribution in [2.75, 3.05) is 0 Å². The van der Waals surface area contributed by atoms with Gasteiger partial charge in [0, 0.05) is 10.9 Å². The van der Waals surface area contributed by atoms with E-state index in [2.05, 4.69) is 22.4 Å². The molecule has 0 aliphatic heterocycles. The van der Waals surface area contributed by atoms with Gasteiger partial charge in [0.25, 0.3) is 0 Å². The molecule has 2 radical (unpaired) electrons. The van der Waals surface area contributed by atoms with Gasteiger partial charge in [0.05, 0.1) is 5.92 Å². The van der Waals surface area contributed by atoms with Crippen LogP contribution in [0.3, 0.4) is 0 Å². The lowest BCUT2D eigenvalue weighted by Gasteiger charge is -2.22. The second-order valence-corrected chi connectivity index (χ2v) is 4.30. The third kappa shape index (κ3) is 1.69. The molecule has 0 aromatic heterocycles. The van der Waals surface area contributed by atoms with Crippen LogP contribution < -0.4 is 5.73 Å². The second kappa shape index (κ2) is 3.73. The van der Waals surface area contributed by atoms with Crippen LogP contribution in [0.15, 0.2) is 22.7 Å². The summed E-state index contributed by atoms with van der Waals surface area (Å²) >= 11 is 3.41. The number of carbonyl (C=O) groups excluding carboxylic acids is 1. The fraction of sp³-hybridized carbons (Fsp3) is 0.273. The van der Waals surface area contributed by atoms with Crippen molar-refractivity contribution < 1.29 is 4.79 Å². The largest absolute Gasteiger partial charge is 0.369 e. The van der Waals surface area contributed by atoms with Gasteiger partial charge in [-0.15, -0.1) is 0 Å². The van der Waals surface area contributed by atoms with Crippen LogP contribution in [-0.4, -0.2) is 5.91 Å². The number of primary amides is 1. The summed E-state index contributed by atoms with van der Waals surface area (Å²) in [6.07, 6.45) is 4.85. The maximum atomic E-state index is 11.2. The number of benzene rings is 1. The highest BCUT2D eigenvalue weighted by atomic mass is 79.9. The lowest BCUT2D eigenvalue weighted by Crippen LogP contribution is -2.25. The summed E-state index contributed by atoms with van der Waals surface area (Å²) in [5.74, 6) is -0.639. The van der Waals surface area contributed by atoms with Crippen LogP contribution in [0, 0.1) is 6.42 Å². The van der Waals surface area contributed by atoms with Crippen LogP contribution in [0.25, 0.3) is 0 Å². The van der Waals surface area contributed by atoms with Crippen molar-refractivity contribution in [1.29, 1.82) is 0 Å². The van der Waals surface area contributed by atoms with Crippen LogP contribution >= 0.6 is 15.9 Å². The van der Waals surface area contributed by atoms with E-state index in [-0.39, 0.29) is 11.8 Å². The molecule has 0 bridgehead atoms. The molecule has 1 aromatic rings. The Kier molecular flexibility index (Phi) is 2.59. The van der Waals surface area contributed by atoms with E-state index < -0.39 is 0 Å². The van der Waals surface area contributed by atoms with E-state index in [9.17, 15) is 4.79 Å². The fourth-order valence-corrected chi connectivity index (χ4v) is 2.20. The van der Waals surface area contributed by atoms with Crippen LogP contribution in [0.5, 0.6) is 0 Å². The molecule has 1 aromatic carbocycles. The number of hydrogen-bond acceptors (Lipinski definition) is 1. The standard InChI is InChI=1S/C11H10BrNO/c12-8-4-5-9-7(6-8)2-1-3-10(9)11(13)14/h4-6,10H,1-2H2,(H2,13,14). The first-order valence-corrected chi connectivity index (χ1v) is 5.29. The summed E-state index contributed by atoms with van der Waals surface area (Å²) < 4.78 is 1.04. The zero-order valence-corrected chi connectivity index (χ0v) is 9.17. The summed E-state index contributed by atoms with van der Waals surface area (Å²) in [4.78, 5) is 11.2. The van der Waals surface area contributed by atoms with Gasteiger partial charge in [-0.2, -0.15) is 0 Å². The Morgan fingerprint density at radius 3 is 3.07 bits per heavy atom. The quantitative estimate of drug-likeness (QED) is 0.816. The third-order valence-electron chi connectivity index (χ3n) is 2.44. The SMILES string of the molecule is NC(=O)C1[C]CCc2cc(Br)ccc21. The van der Waals surface area contributed by atoms with E-state index in [0.29, 0.717) is 0 Å². The normalized spacial score (nSPS) is 20.2. The lowest BCUT2D eigenvalue weighted by atomic mass is 9.82. The average molecular weight is 252 g/mol. The summed E-state index contributed by atoms with van der Waals surface area (Å²) in [5, 5.41) is 0. The molecule has 0 spiro atoms. The molecule has 1 atom stereocenters. The van der Waals surface area contributed by atoms with Gasteiger partial charge in [0.15, 0.2) is 0 Å². The smallest absolute Gasteiger partial charge is 0.225 e. The molecular weight excluding hydrogens is 242 g/mol. The number of nitrogens with two attached hydrogens (primary N) is 1. The van der Waals surface area contributed by atoms with Crippen molar-refractivity contribution in [2.24, 2.45) is 5.73 Å². The minimum absolute atomic E-state index is 0.312. The molecule has 0 saturated carbocycles. The Morgan fingerprint density at radius 1 is 1.57 bits per heavy atom. The molecule has 2 nitrogen and oxygen atoms in total. The number of fused-ring (bicyclic) bond motifs is 1.